The molecule has 1 aliphatic rings. The molecule has 1 aromatic carbocycles. The minimum atomic E-state index is 0.692. The first-order valence-electron chi connectivity index (χ1n) is 4.90. The van der Waals surface area contributed by atoms with E-state index in [1.165, 1.54) is 23.9 Å². The van der Waals surface area contributed by atoms with Crippen LogP contribution in [0.3, 0.4) is 0 Å². The standard InChI is InChI=1S/C11H11ClN2/c1-6-8(12)4-5-9-10(6)11(14-13-9)7-2-3-7/h4-5,7H,2-3H2,1H3,(H,13,14). The van der Waals surface area contributed by atoms with E-state index in [0.717, 1.165) is 16.1 Å². The third kappa shape index (κ3) is 1.07. The maximum Gasteiger partial charge on any atom is 0.0927 e. The van der Waals surface area contributed by atoms with E-state index < -0.39 is 0 Å². The summed E-state index contributed by atoms with van der Waals surface area (Å²) in [5.41, 5.74) is 3.47. The predicted octanol–water partition coefficient (Wildman–Crippen LogP) is 3.40. The van der Waals surface area contributed by atoms with Crippen LogP contribution in [0.25, 0.3) is 10.9 Å². The van der Waals surface area contributed by atoms with Gasteiger partial charge in [0.05, 0.1) is 5.52 Å². The quantitative estimate of drug-likeness (QED) is 0.761. The first kappa shape index (κ1) is 8.30. The zero-order chi connectivity index (χ0) is 9.71. The number of halogens is 1. The highest BCUT2D eigenvalue weighted by Gasteiger charge is 2.28. The maximum absolute atomic E-state index is 6.10. The zero-order valence-electron chi connectivity index (χ0n) is 7.97. The van der Waals surface area contributed by atoms with E-state index in [1.807, 2.05) is 12.1 Å². The van der Waals surface area contributed by atoms with Crippen molar-refractivity contribution in [2.75, 3.05) is 0 Å². The molecule has 1 aromatic heterocycles. The van der Waals surface area contributed by atoms with Gasteiger partial charge in [0.2, 0.25) is 0 Å². The molecule has 14 heavy (non-hydrogen) atoms. The summed E-state index contributed by atoms with van der Waals surface area (Å²) in [4.78, 5) is 0. The van der Waals surface area contributed by atoms with E-state index in [1.54, 1.807) is 0 Å². The van der Waals surface area contributed by atoms with Crippen LogP contribution in [0.1, 0.15) is 30.0 Å². The van der Waals surface area contributed by atoms with Gasteiger partial charge in [0.15, 0.2) is 0 Å². The smallest absolute Gasteiger partial charge is 0.0927 e. The van der Waals surface area contributed by atoms with E-state index in [0.29, 0.717) is 5.92 Å². The summed E-state index contributed by atoms with van der Waals surface area (Å²) in [5, 5.41) is 9.50. The van der Waals surface area contributed by atoms with Crippen molar-refractivity contribution in [3.05, 3.63) is 28.4 Å². The number of aryl methyl sites for hydroxylation is 1. The second-order valence-corrected chi connectivity index (χ2v) is 4.39. The fourth-order valence-corrected chi connectivity index (χ4v) is 2.11. The van der Waals surface area contributed by atoms with Gasteiger partial charge in [-0.2, -0.15) is 5.10 Å². The van der Waals surface area contributed by atoms with Crippen LogP contribution in [-0.4, -0.2) is 10.2 Å². The van der Waals surface area contributed by atoms with Crippen LogP contribution in [0.15, 0.2) is 12.1 Å². The first-order valence-corrected chi connectivity index (χ1v) is 5.28. The minimum absolute atomic E-state index is 0.692. The average molecular weight is 207 g/mol. The Morgan fingerprint density at radius 3 is 2.93 bits per heavy atom. The lowest BCUT2D eigenvalue weighted by atomic mass is 10.1. The lowest BCUT2D eigenvalue weighted by Crippen LogP contribution is -1.83. The number of aromatic amines is 1. The highest BCUT2D eigenvalue weighted by molar-refractivity contribution is 6.32. The summed E-state index contributed by atoms with van der Waals surface area (Å²) in [6.45, 7) is 2.06. The highest BCUT2D eigenvalue weighted by Crippen LogP contribution is 2.43. The minimum Gasteiger partial charge on any atom is -0.281 e. The molecule has 72 valence electrons. The van der Waals surface area contributed by atoms with Gasteiger partial charge < -0.3 is 0 Å². The molecule has 3 heteroatoms. The summed E-state index contributed by atoms with van der Waals surface area (Å²) < 4.78 is 0. The van der Waals surface area contributed by atoms with Crippen LogP contribution in [-0.2, 0) is 0 Å². The molecule has 0 saturated heterocycles. The van der Waals surface area contributed by atoms with Gasteiger partial charge >= 0.3 is 0 Å². The van der Waals surface area contributed by atoms with Crippen molar-refractivity contribution in [3.8, 4) is 0 Å². The Morgan fingerprint density at radius 2 is 2.21 bits per heavy atom. The van der Waals surface area contributed by atoms with Crippen molar-refractivity contribution in [1.29, 1.82) is 0 Å². The molecular weight excluding hydrogens is 196 g/mol. The largest absolute Gasteiger partial charge is 0.281 e. The number of H-pyrrole nitrogens is 1. The van der Waals surface area contributed by atoms with Crippen molar-refractivity contribution < 1.29 is 0 Å². The molecule has 0 unspecified atom stereocenters. The van der Waals surface area contributed by atoms with Crippen LogP contribution in [0.4, 0.5) is 0 Å². The second-order valence-electron chi connectivity index (χ2n) is 3.98. The van der Waals surface area contributed by atoms with E-state index in [4.69, 9.17) is 11.6 Å². The normalized spacial score (nSPS) is 16.4. The Balaban J connectivity index is 2.36. The van der Waals surface area contributed by atoms with Gasteiger partial charge in [0, 0.05) is 22.0 Å². The van der Waals surface area contributed by atoms with Gasteiger partial charge in [-0.25, -0.2) is 0 Å². The third-order valence-corrected chi connectivity index (χ3v) is 3.34. The average Bonchev–Trinajstić information content (AvgIpc) is 2.93. The Labute approximate surface area is 87.3 Å². The maximum atomic E-state index is 6.10. The van der Waals surface area contributed by atoms with E-state index in [9.17, 15) is 0 Å². The van der Waals surface area contributed by atoms with Crippen molar-refractivity contribution in [3.63, 3.8) is 0 Å². The SMILES string of the molecule is Cc1c(Cl)ccc2n[nH]c(C3CC3)c12. The molecule has 2 aromatic rings. The highest BCUT2D eigenvalue weighted by atomic mass is 35.5. The van der Waals surface area contributed by atoms with Crippen LogP contribution in [0.5, 0.6) is 0 Å². The van der Waals surface area contributed by atoms with Gasteiger partial charge in [-0.3, -0.25) is 5.10 Å². The molecule has 0 amide bonds. The third-order valence-electron chi connectivity index (χ3n) is 2.93. The van der Waals surface area contributed by atoms with Gasteiger partial charge in [0.25, 0.3) is 0 Å². The molecule has 0 atom stereocenters. The van der Waals surface area contributed by atoms with Gasteiger partial charge in [-0.05, 0) is 37.5 Å². The number of benzene rings is 1. The number of aromatic nitrogens is 2. The summed E-state index contributed by atoms with van der Waals surface area (Å²) in [6, 6.07) is 3.89. The Kier molecular flexibility index (Phi) is 1.62. The lowest BCUT2D eigenvalue weighted by Gasteiger charge is -2.00. The summed E-state index contributed by atoms with van der Waals surface area (Å²) in [7, 11) is 0. The molecule has 0 aliphatic heterocycles. The van der Waals surface area contributed by atoms with E-state index >= 15 is 0 Å². The number of hydrogen-bond donors (Lipinski definition) is 1. The molecule has 1 heterocycles. The van der Waals surface area contributed by atoms with E-state index in [2.05, 4.69) is 17.1 Å². The molecule has 1 N–H and O–H groups in total. The lowest BCUT2D eigenvalue weighted by molar-refractivity contribution is 0.978. The molecule has 0 radical (unpaired) electrons. The summed E-state index contributed by atoms with van der Waals surface area (Å²) >= 11 is 6.10. The van der Waals surface area contributed by atoms with Crippen LogP contribution < -0.4 is 0 Å². The number of rotatable bonds is 1. The fraction of sp³-hybridized carbons (Fsp3) is 0.364. The zero-order valence-corrected chi connectivity index (χ0v) is 8.73. The molecular formula is C11H11ClN2. The number of fused-ring (bicyclic) bond motifs is 1. The van der Waals surface area contributed by atoms with Crippen molar-refractivity contribution in [2.45, 2.75) is 25.7 Å². The Morgan fingerprint density at radius 1 is 1.43 bits per heavy atom. The van der Waals surface area contributed by atoms with Crippen LogP contribution >= 0.6 is 11.6 Å². The monoisotopic (exact) mass is 206 g/mol. The second kappa shape index (κ2) is 2.74. The predicted molar refractivity (Wildman–Crippen MR) is 57.8 cm³/mol. The molecule has 1 aliphatic carbocycles. The van der Waals surface area contributed by atoms with Gasteiger partial charge in [-0.1, -0.05) is 11.6 Å². The fourth-order valence-electron chi connectivity index (χ4n) is 1.95. The summed E-state index contributed by atoms with van der Waals surface area (Å²) in [5.74, 6) is 0.692. The Bertz CT molecular complexity index is 497. The van der Waals surface area contributed by atoms with Gasteiger partial charge in [0.1, 0.15) is 0 Å². The topological polar surface area (TPSA) is 28.7 Å². The number of nitrogens with one attached hydrogen (secondary N) is 1. The molecule has 1 fully saturated rings. The molecule has 3 rings (SSSR count). The molecule has 0 spiro atoms. The van der Waals surface area contributed by atoms with Crippen LogP contribution in [0, 0.1) is 6.92 Å². The van der Waals surface area contributed by atoms with Crippen LogP contribution in [0.2, 0.25) is 5.02 Å². The first-order chi connectivity index (χ1) is 6.77. The molecule has 0 bridgehead atoms. The summed E-state index contributed by atoms with van der Waals surface area (Å²) in [6.07, 6.45) is 2.56. The van der Waals surface area contributed by atoms with Gasteiger partial charge in [-0.15, -0.1) is 0 Å². The Hall–Kier alpha value is -1.02. The number of nitrogens with zero attached hydrogens (tertiary/aromatic N) is 1. The van der Waals surface area contributed by atoms with Crippen molar-refractivity contribution in [1.82, 2.24) is 10.2 Å². The molecule has 1 saturated carbocycles. The van der Waals surface area contributed by atoms with Crippen molar-refractivity contribution >= 4 is 22.5 Å². The molecule has 2 nitrogen and oxygen atoms in total. The van der Waals surface area contributed by atoms with E-state index in [-0.39, 0.29) is 0 Å². The number of hydrogen-bond acceptors (Lipinski definition) is 1. The van der Waals surface area contributed by atoms with Crippen molar-refractivity contribution in [2.24, 2.45) is 0 Å².